The van der Waals surface area contributed by atoms with Gasteiger partial charge in [-0.25, -0.2) is 0 Å². The van der Waals surface area contributed by atoms with Crippen LogP contribution in [-0.2, 0) is 39.8 Å². The van der Waals surface area contributed by atoms with E-state index in [1.807, 2.05) is 6.07 Å². The van der Waals surface area contributed by atoms with Crippen LogP contribution in [0.1, 0.15) is 50.5 Å². The number of carbonyl (C=O) groups is 3. The van der Waals surface area contributed by atoms with Gasteiger partial charge in [0.25, 0.3) is 0 Å². The Balaban J connectivity index is 2.01. The Morgan fingerprint density at radius 2 is 1.67 bits per heavy atom. The molecule has 10 heteroatoms. The lowest BCUT2D eigenvalue weighted by molar-refractivity contribution is -0.232. The van der Waals surface area contributed by atoms with Gasteiger partial charge in [0.2, 0.25) is 0 Å². The summed E-state index contributed by atoms with van der Waals surface area (Å²) in [5.74, 6) is -2.04. The Bertz CT molecular complexity index is 1140. The third-order valence-electron chi connectivity index (χ3n) is 5.99. The summed E-state index contributed by atoms with van der Waals surface area (Å²) in [4.78, 5) is 35.4. The fourth-order valence-electron chi connectivity index (χ4n) is 4.26. The van der Waals surface area contributed by atoms with Gasteiger partial charge in [-0.2, -0.15) is 0 Å². The zero-order chi connectivity index (χ0) is 26.6. The molecule has 0 amide bonds. The first-order valence-electron chi connectivity index (χ1n) is 11.4. The molecule has 2 aromatic rings. The number of hydrogen-bond donors (Lipinski definition) is 2. The molecule has 2 aromatic carbocycles. The number of carbonyl (C=O) groups excluding carboxylic acids is 3. The predicted molar refractivity (Wildman–Crippen MR) is 131 cm³/mol. The van der Waals surface area contributed by atoms with Gasteiger partial charge in [-0.1, -0.05) is 36.7 Å². The quantitative estimate of drug-likeness (QED) is 0.243. The number of anilines is 1. The fraction of sp³-hybridized carbons (Fsp3) is 0.423. The van der Waals surface area contributed by atoms with Gasteiger partial charge in [0, 0.05) is 31.7 Å². The van der Waals surface area contributed by atoms with E-state index < -0.39 is 48.2 Å². The molecule has 1 saturated heterocycles. The molecule has 1 heterocycles. The first-order chi connectivity index (χ1) is 17.0. The molecule has 0 spiro atoms. The Morgan fingerprint density at radius 3 is 2.28 bits per heavy atom. The van der Waals surface area contributed by atoms with Crippen LogP contribution >= 0.6 is 11.6 Å². The molecule has 194 valence electrons. The molecule has 0 saturated carbocycles. The number of aromatic hydroxyl groups is 1. The molecule has 1 aliphatic heterocycles. The Morgan fingerprint density at radius 1 is 1.00 bits per heavy atom. The second-order valence-electron chi connectivity index (χ2n) is 8.83. The number of rotatable bonds is 7. The SMILES string of the molecule is CC(=O)OC[C@H]1O[C@@H](c2ccc(Cl)c(Cc3ccc(O)c(N)c3)c2)[C@H](OC(C)=O)[C@@H](OC(C)=O)[C@@H]1C. The molecule has 0 unspecified atom stereocenters. The van der Waals surface area contributed by atoms with Gasteiger partial charge in [0.1, 0.15) is 24.6 Å². The number of ether oxygens (including phenoxy) is 4. The Kier molecular flexibility index (Phi) is 8.81. The van der Waals surface area contributed by atoms with Crippen molar-refractivity contribution in [2.45, 2.75) is 58.5 Å². The first kappa shape index (κ1) is 27.3. The van der Waals surface area contributed by atoms with Crippen LogP contribution in [0, 0.1) is 5.92 Å². The standard InChI is InChI=1S/C26H30ClNO8/c1-13-23(12-33-14(2)29)36-25(26(35-16(4)31)24(13)34-15(3)30)18-6-7-20(27)19(11-18)9-17-5-8-22(32)21(28)10-17/h5-8,10-11,13,23-26,32H,9,12,28H2,1-4H3/t13-,23-,24+,25+,26-/m1/s1. The lowest BCUT2D eigenvalue weighted by atomic mass is 9.85. The number of benzene rings is 2. The van der Waals surface area contributed by atoms with E-state index in [4.69, 9.17) is 36.3 Å². The highest BCUT2D eigenvalue weighted by atomic mass is 35.5. The summed E-state index contributed by atoms with van der Waals surface area (Å²) in [7, 11) is 0. The lowest BCUT2D eigenvalue weighted by Crippen LogP contribution is -2.54. The van der Waals surface area contributed by atoms with Crippen LogP contribution in [0.4, 0.5) is 5.69 Å². The molecule has 9 nitrogen and oxygen atoms in total. The summed E-state index contributed by atoms with van der Waals surface area (Å²) >= 11 is 6.48. The number of esters is 3. The topological polar surface area (TPSA) is 134 Å². The van der Waals surface area contributed by atoms with E-state index in [1.54, 1.807) is 31.2 Å². The first-order valence-corrected chi connectivity index (χ1v) is 11.8. The van der Waals surface area contributed by atoms with Crippen LogP contribution < -0.4 is 5.73 Å². The average Bonchev–Trinajstić information content (AvgIpc) is 2.79. The maximum absolute atomic E-state index is 12.0. The van der Waals surface area contributed by atoms with Crippen LogP contribution in [0.25, 0.3) is 0 Å². The van der Waals surface area contributed by atoms with E-state index in [0.717, 1.165) is 11.1 Å². The van der Waals surface area contributed by atoms with Crippen molar-refractivity contribution in [3.63, 3.8) is 0 Å². The molecular formula is C26H30ClNO8. The summed E-state index contributed by atoms with van der Waals surface area (Å²) in [6, 6.07) is 10.2. The van der Waals surface area contributed by atoms with Crippen molar-refractivity contribution in [1.29, 1.82) is 0 Å². The summed E-state index contributed by atoms with van der Waals surface area (Å²) in [6.07, 6.45) is -2.86. The Labute approximate surface area is 214 Å². The van der Waals surface area contributed by atoms with Gasteiger partial charge in [0.05, 0.1) is 11.8 Å². The normalized spacial score (nSPS) is 23.5. The number of nitrogens with two attached hydrogens (primary N) is 1. The fourth-order valence-corrected chi connectivity index (χ4v) is 4.44. The number of hydrogen-bond acceptors (Lipinski definition) is 9. The van der Waals surface area contributed by atoms with Crippen molar-refractivity contribution in [3.8, 4) is 5.75 Å². The molecule has 0 bridgehead atoms. The molecule has 0 aromatic heterocycles. The third-order valence-corrected chi connectivity index (χ3v) is 6.36. The summed E-state index contributed by atoms with van der Waals surface area (Å²) in [6.45, 7) is 5.53. The van der Waals surface area contributed by atoms with E-state index in [2.05, 4.69) is 0 Å². The minimum atomic E-state index is -0.951. The van der Waals surface area contributed by atoms with Crippen LogP contribution in [0.5, 0.6) is 5.75 Å². The van der Waals surface area contributed by atoms with Gasteiger partial charge in [-0.3, -0.25) is 14.4 Å². The minimum absolute atomic E-state index is 0.0112. The average molecular weight is 520 g/mol. The maximum Gasteiger partial charge on any atom is 0.303 e. The highest BCUT2D eigenvalue weighted by molar-refractivity contribution is 6.31. The van der Waals surface area contributed by atoms with Crippen LogP contribution in [0.15, 0.2) is 36.4 Å². The minimum Gasteiger partial charge on any atom is -0.506 e. The summed E-state index contributed by atoms with van der Waals surface area (Å²) in [5.41, 5.74) is 8.27. The van der Waals surface area contributed by atoms with Gasteiger partial charge < -0.3 is 29.8 Å². The van der Waals surface area contributed by atoms with Gasteiger partial charge in [-0.15, -0.1) is 0 Å². The van der Waals surface area contributed by atoms with Crippen LogP contribution in [0.3, 0.4) is 0 Å². The van der Waals surface area contributed by atoms with E-state index in [0.29, 0.717) is 17.0 Å². The molecule has 1 fully saturated rings. The van der Waals surface area contributed by atoms with Crippen molar-refractivity contribution in [3.05, 3.63) is 58.1 Å². The van der Waals surface area contributed by atoms with Crippen molar-refractivity contribution in [2.75, 3.05) is 12.3 Å². The molecule has 0 radical (unpaired) electrons. The second kappa shape index (κ2) is 11.6. The molecule has 5 atom stereocenters. The van der Waals surface area contributed by atoms with Crippen molar-refractivity contribution in [2.24, 2.45) is 5.92 Å². The van der Waals surface area contributed by atoms with E-state index in [1.165, 1.54) is 26.8 Å². The predicted octanol–water partition coefficient (Wildman–Crippen LogP) is 3.72. The van der Waals surface area contributed by atoms with E-state index in [-0.39, 0.29) is 18.0 Å². The molecule has 1 aliphatic rings. The highest BCUT2D eigenvalue weighted by Gasteiger charge is 2.48. The van der Waals surface area contributed by atoms with E-state index in [9.17, 15) is 19.5 Å². The van der Waals surface area contributed by atoms with Crippen LogP contribution in [-0.4, -0.2) is 47.9 Å². The van der Waals surface area contributed by atoms with Gasteiger partial charge in [-0.05, 0) is 41.3 Å². The monoisotopic (exact) mass is 519 g/mol. The second-order valence-corrected chi connectivity index (χ2v) is 9.23. The molecular weight excluding hydrogens is 490 g/mol. The van der Waals surface area contributed by atoms with Crippen LogP contribution in [0.2, 0.25) is 5.02 Å². The smallest absolute Gasteiger partial charge is 0.303 e. The molecule has 3 rings (SSSR count). The van der Waals surface area contributed by atoms with Gasteiger partial charge in [0.15, 0.2) is 6.10 Å². The zero-order valence-electron chi connectivity index (χ0n) is 20.5. The molecule has 3 N–H and O–H groups in total. The van der Waals surface area contributed by atoms with Crippen molar-refractivity contribution in [1.82, 2.24) is 0 Å². The summed E-state index contributed by atoms with van der Waals surface area (Å²) in [5, 5.41) is 10.2. The lowest BCUT2D eigenvalue weighted by Gasteiger charge is -2.44. The number of nitrogen functional groups attached to an aromatic ring is 1. The Hall–Kier alpha value is -3.30. The zero-order valence-corrected chi connectivity index (χ0v) is 21.3. The van der Waals surface area contributed by atoms with E-state index >= 15 is 0 Å². The highest BCUT2D eigenvalue weighted by Crippen LogP contribution is 2.40. The maximum atomic E-state index is 12.0. The summed E-state index contributed by atoms with van der Waals surface area (Å²) < 4.78 is 22.7. The molecule has 36 heavy (non-hydrogen) atoms. The number of phenols is 1. The van der Waals surface area contributed by atoms with Gasteiger partial charge >= 0.3 is 17.9 Å². The van der Waals surface area contributed by atoms with Crippen molar-refractivity contribution < 1.29 is 38.4 Å². The molecule has 0 aliphatic carbocycles. The number of phenolic OH excluding ortho intramolecular Hbond substituents is 1. The third kappa shape index (κ3) is 6.67. The largest absolute Gasteiger partial charge is 0.506 e. The van der Waals surface area contributed by atoms with Crippen molar-refractivity contribution >= 4 is 35.2 Å². The number of halogens is 1.